The van der Waals surface area contributed by atoms with Crippen LogP contribution in [0.15, 0.2) is 197 Å². The first-order valence-corrected chi connectivity index (χ1v) is 22.3. The van der Waals surface area contributed by atoms with Crippen LogP contribution in [0.5, 0.6) is 0 Å². The van der Waals surface area contributed by atoms with Gasteiger partial charge >= 0.3 is 0 Å². The van der Waals surface area contributed by atoms with Gasteiger partial charge in [0.05, 0.1) is 0 Å². The lowest BCUT2D eigenvalue weighted by atomic mass is 9.34. The van der Waals surface area contributed by atoms with Gasteiger partial charge in [-0.1, -0.05) is 108 Å². The molecule has 0 saturated heterocycles. The maximum Gasteiger partial charge on any atom is 0.252 e. The molecule has 8 aromatic carbocycles. The van der Waals surface area contributed by atoms with Gasteiger partial charge in [-0.3, -0.25) is 0 Å². The number of nitrogens with zero attached hydrogens (tertiary/aromatic N) is 2. The van der Waals surface area contributed by atoms with E-state index < -0.39 is 0 Å². The molecule has 6 aliphatic heterocycles. The highest BCUT2D eigenvalue weighted by atomic mass is 32.2. The van der Waals surface area contributed by atoms with Crippen molar-refractivity contribution in [2.24, 2.45) is 0 Å². The van der Waals surface area contributed by atoms with Gasteiger partial charge in [-0.25, -0.2) is 0 Å². The van der Waals surface area contributed by atoms with E-state index in [1.165, 1.54) is 117 Å². The van der Waals surface area contributed by atoms with E-state index in [1.54, 1.807) is 0 Å². The minimum atomic E-state index is 0.225. The number of hydrogen-bond donors (Lipinski definition) is 0. The molecule has 258 valence electrons. The maximum atomic E-state index is 2.50. The molecule has 0 fully saturated rings. The third-order valence-electron chi connectivity index (χ3n) is 12.3. The minimum Gasteiger partial charge on any atom is -0.311 e. The summed E-state index contributed by atoms with van der Waals surface area (Å²) in [5, 5.41) is 0. The standard InChI is InChI=1S/C48H26B2N2S4/c1-3-11-29(12-4-1)51-31-15-7-19-35-43(31)49-44-32(51)16-8-20-36(44)54-40-24-27(23-39(53-35)47(40)49)28-25-41-48-42(26-28)56-38-22-10-18-34-46(38)50(48)45-33(17-9-21-37(45)55-41)52(34)30-13-5-2-6-14-30/h1-26H. The van der Waals surface area contributed by atoms with Crippen LogP contribution in [0.3, 0.4) is 0 Å². The lowest BCUT2D eigenvalue weighted by Crippen LogP contribution is -2.62. The van der Waals surface area contributed by atoms with Crippen molar-refractivity contribution in [3.63, 3.8) is 0 Å². The summed E-state index contributed by atoms with van der Waals surface area (Å²) in [7, 11) is 0. The van der Waals surface area contributed by atoms with Gasteiger partial charge in [0.15, 0.2) is 0 Å². The maximum absolute atomic E-state index is 2.50. The van der Waals surface area contributed by atoms with E-state index in [2.05, 4.69) is 168 Å². The summed E-state index contributed by atoms with van der Waals surface area (Å²) in [6, 6.07) is 59.4. The molecule has 6 heterocycles. The SMILES string of the molecule is c1ccc(N2c3cccc4c3B3c5c(cc(-c6cc7c8c(c6)Sc6cccc9c6B8c6c(cccc6N9c6ccccc6)S7)cc5Sc5cccc2c53)S4)cc1. The first-order chi connectivity index (χ1) is 27.8. The van der Waals surface area contributed by atoms with Gasteiger partial charge in [0.25, 0.3) is 13.4 Å². The molecule has 0 N–H and O–H groups in total. The molecule has 0 spiro atoms. The van der Waals surface area contributed by atoms with Gasteiger partial charge in [-0.2, -0.15) is 0 Å². The molecule has 0 unspecified atom stereocenters. The Morgan fingerprint density at radius 2 is 0.589 bits per heavy atom. The normalized spacial score (nSPS) is 15.1. The average Bonchev–Trinajstić information content (AvgIpc) is 3.24. The molecular weight excluding hydrogens is 754 g/mol. The van der Waals surface area contributed by atoms with Crippen LogP contribution in [0.25, 0.3) is 11.1 Å². The van der Waals surface area contributed by atoms with Crippen LogP contribution in [0.4, 0.5) is 34.1 Å². The Kier molecular flexibility index (Phi) is 6.24. The Labute approximate surface area is 342 Å². The molecule has 6 aliphatic rings. The van der Waals surface area contributed by atoms with Crippen LogP contribution in [0, 0.1) is 0 Å². The zero-order valence-electron chi connectivity index (χ0n) is 29.7. The molecule has 0 saturated carbocycles. The first kappa shape index (κ1) is 31.0. The summed E-state index contributed by atoms with van der Waals surface area (Å²) in [5.74, 6) is 0. The Balaban J connectivity index is 0.938. The van der Waals surface area contributed by atoms with E-state index in [0.717, 1.165) is 0 Å². The zero-order valence-corrected chi connectivity index (χ0v) is 33.0. The molecule has 0 aliphatic carbocycles. The number of para-hydroxylation sites is 2. The fraction of sp³-hybridized carbons (Fsp3) is 0. The van der Waals surface area contributed by atoms with Crippen molar-refractivity contribution >= 4 is 127 Å². The first-order valence-electron chi connectivity index (χ1n) is 19.1. The van der Waals surface area contributed by atoms with Crippen LogP contribution in [0.1, 0.15) is 0 Å². The number of anilines is 6. The van der Waals surface area contributed by atoms with Crippen molar-refractivity contribution in [1.82, 2.24) is 0 Å². The summed E-state index contributed by atoms with van der Waals surface area (Å²) in [6.07, 6.45) is 0. The highest BCUT2D eigenvalue weighted by Gasteiger charge is 2.47. The van der Waals surface area contributed by atoms with Crippen molar-refractivity contribution in [1.29, 1.82) is 0 Å². The van der Waals surface area contributed by atoms with Crippen molar-refractivity contribution in [2.75, 3.05) is 9.80 Å². The fourth-order valence-corrected chi connectivity index (χ4v) is 15.3. The largest absolute Gasteiger partial charge is 0.311 e. The van der Waals surface area contributed by atoms with Crippen LogP contribution in [-0.2, 0) is 0 Å². The van der Waals surface area contributed by atoms with Gasteiger partial charge in [0, 0.05) is 73.3 Å². The van der Waals surface area contributed by atoms with Crippen molar-refractivity contribution < 1.29 is 0 Å². The van der Waals surface area contributed by atoms with Crippen LogP contribution in [-0.4, -0.2) is 13.4 Å². The molecule has 8 heteroatoms. The van der Waals surface area contributed by atoms with Crippen LogP contribution >= 0.6 is 47.0 Å². The Morgan fingerprint density at radius 3 is 0.893 bits per heavy atom. The zero-order chi connectivity index (χ0) is 36.2. The highest BCUT2D eigenvalue weighted by Crippen LogP contribution is 2.50. The summed E-state index contributed by atoms with van der Waals surface area (Å²) >= 11 is 7.83. The monoisotopic (exact) mass is 780 g/mol. The molecule has 14 rings (SSSR count). The molecule has 0 aromatic heterocycles. The van der Waals surface area contributed by atoms with E-state index in [9.17, 15) is 0 Å². The lowest BCUT2D eigenvalue weighted by Gasteiger charge is -2.43. The Bertz CT molecular complexity index is 2720. The van der Waals surface area contributed by atoms with Crippen molar-refractivity contribution in [3.8, 4) is 11.1 Å². The fourth-order valence-electron chi connectivity index (χ4n) is 10.2. The third kappa shape index (κ3) is 4.03. The summed E-state index contributed by atoms with van der Waals surface area (Å²) in [5.41, 5.74) is 19.0. The third-order valence-corrected chi connectivity index (χ3v) is 16.9. The average molecular weight is 781 g/mol. The Hall–Kier alpha value is -5.11. The lowest BCUT2D eigenvalue weighted by molar-refractivity contribution is 1.23. The van der Waals surface area contributed by atoms with Gasteiger partial charge in [0.1, 0.15) is 0 Å². The number of hydrogen-bond acceptors (Lipinski definition) is 6. The molecule has 0 bridgehead atoms. The second kappa shape index (κ2) is 11.3. The van der Waals surface area contributed by atoms with Gasteiger partial charge in [-0.15, -0.1) is 0 Å². The predicted octanol–water partition coefficient (Wildman–Crippen LogP) is 9.81. The molecule has 56 heavy (non-hydrogen) atoms. The van der Waals surface area contributed by atoms with E-state index in [1.807, 2.05) is 47.0 Å². The van der Waals surface area contributed by atoms with Crippen molar-refractivity contribution in [3.05, 3.63) is 158 Å². The molecular formula is C48H26B2N2S4. The van der Waals surface area contributed by atoms with Crippen molar-refractivity contribution in [2.45, 2.75) is 39.2 Å². The van der Waals surface area contributed by atoms with Gasteiger partial charge in [-0.05, 0) is 141 Å². The quantitative estimate of drug-likeness (QED) is 0.164. The molecule has 0 atom stereocenters. The second-order valence-electron chi connectivity index (χ2n) is 15.1. The van der Waals surface area contributed by atoms with E-state index in [4.69, 9.17) is 0 Å². The van der Waals surface area contributed by atoms with Gasteiger partial charge in [0.2, 0.25) is 0 Å². The van der Waals surface area contributed by atoms with E-state index >= 15 is 0 Å². The van der Waals surface area contributed by atoms with Crippen LogP contribution in [0.2, 0.25) is 0 Å². The predicted molar refractivity (Wildman–Crippen MR) is 240 cm³/mol. The smallest absolute Gasteiger partial charge is 0.252 e. The molecule has 2 nitrogen and oxygen atoms in total. The summed E-state index contributed by atoms with van der Waals surface area (Å²) < 4.78 is 0. The van der Waals surface area contributed by atoms with E-state index in [0.29, 0.717) is 0 Å². The summed E-state index contributed by atoms with van der Waals surface area (Å²) in [4.78, 5) is 16.0. The molecule has 0 amide bonds. The highest BCUT2D eigenvalue weighted by molar-refractivity contribution is 8.02. The van der Waals surface area contributed by atoms with E-state index in [-0.39, 0.29) is 13.4 Å². The Morgan fingerprint density at radius 1 is 0.286 bits per heavy atom. The summed E-state index contributed by atoms with van der Waals surface area (Å²) in [6.45, 7) is 0.450. The van der Waals surface area contributed by atoms with Gasteiger partial charge < -0.3 is 9.80 Å². The molecule has 8 aromatic rings. The van der Waals surface area contributed by atoms with Crippen LogP contribution < -0.4 is 42.6 Å². The topological polar surface area (TPSA) is 6.48 Å². The molecule has 0 radical (unpaired) electrons. The number of rotatable bonds is 3. The minimum absolute atomic E-state index is 0.225. The number of benzene rings is 8. The second-order valence-corrected chi connectivity index (χ2v) is 19.5.